The number of rotatable bonds is 3. The number of carbonyl (C=O) groups is 1. The number of piperidine rings is 1. The molecular formula is C14H18N2O2. The number of amides is 1. The fourth-order valence-electron chi connectivity index (χ4n) is 2.81. The van der Waals surface area contributed by atoms with E-state index in [9.17, 15) is 4.79 Å². The van der Waals surface area contributed by atoms with Gasteiger partial charge in [-0.05, 0) is 18.4 Å². The molecule has 3 rings (SSSR count). The van der Waals surface area contributed by atoms with Crippen molar-refractivity contribution in [1.82, 2.24) is 10.2 Å². The molecule has 0 unspecified atom stereocenters. The van der Waals surface area contributed by atoms with Gasteiger partial charge in [0.25, 0.3) is 0 Å². The van der Waals surface area contributed by atoms with E-state index in [0.29, 0.717) is 12.6 Å². The quantitative estimate of drug-likeness (QED) is 0.883. The molecule has 1 amide bonds. The summed E-state index contributed by atoms with van der Waals surface area (Å²) < 4.78 is 5.13. The van der Waals surface area contributed by atoms with Gasteiger partial charge in [0.1, 0.15) is 6.61 Å². The number of ether oxygens (including phenoxy) is 1. The van der Waals surface area contributed by atoms with Crippen LogP contribution in [0.5, 0.6) is 0 Å². The molecule has 1 aromatic carbocycles. The molecule has 0 aliphatic carbocycles. The Labute approximate surface area is 107 Å². The first kappa shape index (κ1) is 11.5. The van der Waals surface area contributed by atoms with Crippen molar-refractivity contribution in [2.75, 3.05) is 13.2 Å². The SMILES string of the molecule is O=C1OC[C@H]2[C@H](NCc3ccccc3)CCCN12. The summed E-state index contributed by atoms with van der Waals surface area (Å²) >= 11 is 0. The van der Waals surface area contributed by atoms with E-state index >= 15 is 0 Å². The maximum atomic E-state index is 11.5. The smallest absolute Gasteiger partial charge is 0.410 e. The van der Waals surface area contributed by atoms with E-state index in [2.05, 4.69) is 17.4 Å². The van der Waals surface area contributed by atoms with Gasteiger partial charge >= 0.3 is 6.09 Å². The van der Waals surface area contributed by atoms with Crippen molar-refractivity contribution in [3.05, 3.63) is 35.9 Å². The minimum atomic E-state index is -0.147. The fraction of sp³-hybridized carbons (Fsp3) is 0.500. The maximum absolute atomic E-state index is 11.5. The summed E-state index contributed by atoms with van der Waals surface area (Å²) in [7, 11) is 0. The van der Waals surface area contributed by atoms with Gasteiger partial charge in [-0.3, -0.25) is 0 Å². The molecule has 96 valence electrons. The van der Waals surface area contributed by atoms with Crippen molar-refractivity contribution < 1.29 is 9.53 Å². The zero-order chi connectivity index (χ0) is 12.4. The Bertz CT molecular complexity index is 421. The number of hydrogen-bond donors (Lipinski definition) is 1. The molecule has 2 fully saturated rings. The molecule has 0 bridgehead atoms. The van der Waals surface area contributed by atoms with E-state index in [1.807, 2.05) is 23.1 Å². The molecule has 2 heterocycles. The van der Waals surface area contributed by atoms with Crippen LogP contribution in [0.2, 0.25) is 0 Å². The minimum Gasteiger partial charge on any atom is -0.447 e. The second-order valence-corrected chi connectivity index (χ2v) is 4.95. The molecule has 2 atom stereocenters. The Morgan fingerprint density at radius 2 is 2.17 bits per heavy atom. The minimum absolute atomic E-state index is 0.147. The van der Waals surface area contributed by atoms with Gasteiger partial charge < -0.3 is 15.0 Å². The number of nitrogens with one attached hydrogen (secondary N) is 1. The first-order valence-electron chi connectivity index (χ1n) is 6.55. The zero-order valence-corrected chi connectivity index (χ0v) is 10.3. The zero-order valence-electron chi connectivity index (χ0n) is 10.3. The monoisotopic (exact) mass is 246 g/mol. The van der Waals surface area contributed by atoms with Crippen molar-refractivity contribution >= 4 is 6.09 Å². The molecule has 0 spiro atoms. The summed E-state index contributed by atoms with van der Waals surface area (Å²) in [5.41, 5.74) is 1.28. The molecule has 4 heteroatoms. The molecule has 0 radical (unpaired) electrons. The Kier molecular flexibility index (Phi) is 3.19. The molecule has 0 aromatic heterocycles. The van der Waals surface area contributed by atoms with Gasteiger partial charge in [0.05, 0.1) is 6.04 Å². The topological polar surface area (TPSA) is 41.6 Å². The lowest BCUT2D eigenvalue weighted by Crippen LogP contribution is -2.52. The lowest BCUT2D eigenvalue weighted by molar-refractivity contribution is 0.148. The van der Waals surface area contributed by atoms with E-state index < -0.39 is 0 Å². The molecular weight excluding hydrogens is 228 g/mol. The van der Waals surface area contributed by atoms with Crippen LogP contribution in [0.25, 0.3) is 0 Å². The van der Waals surface area contributed by atoms with Crippen LogP contribution in [0.1, 0.15) is 18.4 Å². The highest BCUT2D eigenvalue weighted by Crippen LogP contribution is 2.24. The summed E-state index contributed by atoms with van der Waals surface area (Å²) in [6.07, 6.45) is 2.02. The summed E-state index contributed by atoms with van der Waals surface area (Å²) in [6, 6.07) is 10.9. The van der Waals surface area contributed by atoms with E-state index in [0.717, 1.165) is 25.9 Å². The lowest BCUT2D eigenvalue weighted by Gasteiger charge is -2.34. The van der Waals surface area contributed by atoms with Crippen molar-refractivity contribution in [1.29, 1.82) is 0 Å². The molecule has 1 N–H and O–H groups in total. The van der Waals surface area contributed by atoms with Crippen molar-refractivity contribution in [2.24, 2.45) is 0 Å². The van der Waals surface area contributed by atoms with Crippen LogP contribution >= 0.6 is 0 Å². The van der Waals surface area contributed by atoms with Gasteiger partial charge in [-0.2, -0.15) is 0 Å². The van der Waals surface area contributed by atoms with Crippen LogP contribution in [-0.2, 0) is 11.3 Å². The summed E-state index contributed by atoms with van der Waals surface area (Å²) in [5, 5.41) is 3.56. The van der Waals surface area contributed by atoms with Crippen molar-refractivity contribution in [3.63, 3.8) is 0 Å². The van der Waals surface area contributed by atoms with Gasteiger partial charge in [-0.15, -0.1) is 0 Å². The summed E-state index contributed by atoms with van der Waals surface area (Å²) in [6.45, 7) is 2.22. The second kappa shape index (κ2) is 4.98. The van der Waals surface area contributed by atoms with Gasteiger partial charge in [0, 0.05) is 19.1 Å². The van der Waals surface area contributed by atoms with Crippen LogP contribution in [0.3, 0.4) is 0 Å². The Morgan fingerprint density at radius 3 is 3.00 bits per heavy atom. The summed E-state index contributed by atoms with van der Waals surface area (Å²) in [5.74, 6) is 0. The van der Waals surface area contributed by atoms with Crippen LogP contribution in [-0.4, -0.2) is 36.2 Å². The average molecular weight is 246 g/mol. The number of hydrogen-bond acceptors (Lipinski definition) is 3. The number of benzene rings is 1. The van der Waals surface area contributed by atoms with Crippen LogP contribution in [0, 0.1) is 0 Å². The Hall–Kier alpha value is -1.55. The van der Waals surface area contributed by atoms with E-state index in [4.69, 9.17) is 4.74 Å². The molecule has 2 saturated heterocycles. The number of cyclic esters (lactones) is 1. The van der Waals surface area contributed by atoms with Gasteiger partial charge in [0.15, 0.2) is 0 Å². The predicted octanol–water partition coefficient (Wildman–Crippen LogP) is 1.76. The molecule has 18 heavy (non-hydrogen) atoms. The van der Waals surface area contributed by atoms with Gasteiger partial charge in [-0.25, -0.2) is 4.79 Å². The van der Waals surface area contributed by atoms with Crippen LogP contribution < -0.4 is 5.32 Å². The molecule has 1 aromatic rings. The third-order valence-electron chi connectivity index (χ3n) is 3.80. The lowest BCUT2D eigenvalue weighted by atomic mass is 9.97. The fourth-order valence-corrected chi connectivity index (χ4v) is 2.81. The maximum Gasteiger partial charge on any atom is 0.410 e. The first-order chi connectivity index (χ1) is 8.84. The highest BCUT2D eigenvalue weighted by molar-refractivity contribution is 5.70. The third-order valence-corrected chi connectivity index (χ3v) is 3.80. The second-order valence-electron chi connectivity index (χ2n) is 4.95. The average Bonchev–Trinajstić information content (AvgIpc) is 2.80. The molecule has 4 nitrogen and oxygen atoms in total. The number of carbonyl (C=O) groups excluding carboxylic acids is 1. The highest BCUT2D eigenvalue weighted by atomic mass is 16.6. The molecule has 2 aliphatic heterocycles. The Morgan fingerprint density at radius 1 is 1.33 bits per heavy atom. The van der Waals surface area contributed by atoms with E-state index in [1.165, 1.54) is 5.56 Å². The highest BCUT2D eigenvalue weighted by Gasteiger charge is 2.40. The van der Waals surface area contributed by atoms with Crippen molar-refractivity contribution in [2.45, 2.75) is 31.5 Å². The van der Waals surface area contributed by atoms with Crippen LogP contribution in [0.15, 0.2) is 30.3 Å². The van der Waals surface area contributed by atoms with Gasteiger partial charge in [0.2, 0.25) is 0 Å². The van der Waals surface area contributed by atoms with E-state index in [1.54, 1.807) is 0 Å². The first-order valence-corrected chi connectivity index (χ1v) is 6.55. The third kappa shape index (κ3) is 2.20. The summed E-state index contributed by atoms with van der Waals surface area (Å²) in [4.78, 5) is 13.4. The molecule has 2 aliphatic rings. The number of nitrogens with zero attached hydrogens (tertiary/aromatic N) is 1. The van der Waals surface area contributed by atoms with Crippen molar-refractivity contribution in [3.8, 4) is 0 Å². The number of fused-ring (bicyclic) bond motifs is 1. The Balaban J connectivity index is 1.61. The normalized spacial score (nSPS) is 26.9. The standard InChI is InChI=1S/C14H18N2O2/c17-14-16-8-4-7-12(13(16)10-18-14)15-9-11-5-2-1-3-6-11/h1-3,5-6,12-13,15H,4,7-10H2/t12-,13+/m1/s1. The van der Waals surface area contributed by atoms with E-state index in [-0.39, 0.29) is 12.1 Å². The van der Waals surface area contributed by atoms with Gasteiger partial charge in [-0.1, -0.05) is 30.3 Å². The van der Waals surface area contributed by atoms with Crippen LogP contribution in [0.4, 0.5) is 4.79 Å². The molecule has 0 saturated carbocycles. The largest absolute Gasteiger partial charge is 0.447 e. The predicted molar refractivity (Wildman–Crippen MR) is 68.1 cm³/mol.